The molecule has 84 valence electrons. The van der Waals surface area contributed by atoms with Gasteiger partial charge in [-0.05, 0) is 36.8 Å². The van der Waals surface area contributed by atoms with Gasteiger partial charge in [-0.2, -0.15) is 0 Å². The van der Waals surface area contributed by atoms with Crippen molar-refractivity contribution in [3.63, 3.8) is 0 Å². The summed E-state index contributed by atoms with van der Waals surface area (Å²) in [6, 6.07) is 5.45. The molecule has 1 unspecified atom stereocenters. The number of halogens is 2. The van der Waals surface area contributed by atoms with Crippen LogP contribution >= 0.6 is 11.6 Å². The molecule has 1 aromatic carbocycles. The van der Waals surface area contributed by atoms with Crippen molar-refractivity contribution < 1.29 is 8.81 Å². The van der Waals surface area contributed by atoms with E-state index < -0.39 is 6.04 Å². The van der Waals surface area contributed by atoms with Gasteiger partial charge in [0.2, 0.25) is 0 Å². The van der Waals surface area contributed by atoms with Gasteiger partial charge >= 0.3 is 0 Å². The molecule has 1 heterocycles. The van der Waals surface area contributed by atoms with Crippen molar-refractivity contribution in [2.24, 2.45) is 5.73 Å². The number of aryl methyl sites for hydroxylation is 1. The predicted molar refractivity (Wildman–Crippen MR) is 60.9 cm³/mol. The lowest BCUT2D eigenvalue weighted by Crippen LogP contribution is -2.12. The second-order valence-electron chi connectivity index (χ2n) is 3.58. The van der Waals surface area contributed by atoms with Crippen molar-refractivity contribution in [1.29, 1.82) is 0 Å². The zero-order chi connectivity index (χ0) is 11.7. The molecule has 0 radical (unpaired) electrons. The SMILES string of the molecule is Cc1occc1C(N)c1cc(F)ccc1Cl. The summed E-state index contributed by atoms with van der Waals surface area (Å²) in [4.78, 5) is 0. The maximum absolute atomic E-state index is 13.1. The Morgan fingerprint density at radius 3 is 2.69 bits per heavy atom. The maximum atomic E-state index is 13.1. The molecule has 0 fully saturated rings. The molecule has 0 saturated carbocycles. The van der Waals surface area contributed by atoms with E-state index in [0.717, 1.165) is 5.56 Å². The number of hydrogen-bond donors (Lipinski definition) is 1. The topological polar surface area (TPSA) is 39.2 Å². The summed E-state index contributed by atoms with van der Waals surface area (Å²) in [6.45, 7) is 1.81. The Morgan fingerprint density at radius 2 is 2.06 bits per heavy atom. The number of nitrogens with two attached hydrogens (primary N) is 1. The summed E-state index contributed by atoms with van der Waals surface area (Å²) in [5, 5.41) is 0.453. The van der Waals surface area contributed by atoms with Gasteiger partial charge in [0.15, 0.2) is 0 Å². The minimum absolute atomic E-state index is 0.351. The number of benzene rings is 1. The van der Waals surface area contributed by atoms with Crippen LogP contribution in [0.4, 0.5) is 4.39 Å². The van der Waals surface area contributed by atoms with Crippen LogP contribution in [0.5, 0.6) is 0 Å². The van der Waals surface area contributed by atoms with Gasteiger partial charge in [-0.1, -0.05) is 11.6 Å². The van der Waals surface area contributed by atoms with Gasteiger partial charge in [-0.3, -0.25) is 0 Å². The minimum atomic E-state index is -0.470. The Kier molecular flexibility index (Phi) is 2.99. The molecule has 1 atom stereocenters. The summed E-state index contributed by atoms with van der Waals surface area (Å²) >= 11 is 5.98. The monoisotopic (exact) mass is 239 g/mol. The molecule has 4 heteroatoms. The molecule has 0 spiro atoms. The van der Waals surface area contributed by atoms with Crippen molar-refractivity contribution >= 4 is 11.6 Å². The molecule has 2 N–H and O–H groups in total. The zero-order valence-electron chi connectivity index (χ0n) is 8.71. The Bertz CT molecular complexity index is 509. The highest BCUT2D eigenvalue weighted by Gasteiger charge is 2.16. The molecule has 2 rings (SSSR count). The van der Waals surface area contributed by atoms with E-state index in [1.165, 1.54) is 18.2 Å². The zero-order valence-corrected chi connectivity index (χ0v) is 9.46. The fourth-order valence-corrected chi connectivity index (χ4v) is 1.87. The van der Waals surface area contributed by atoms with E-state index in [4.69, 9.17) is 21.8 Å². The summed E-state index contributed by atoms with van der Waals surface area (Å²) in [7, 11) is 0. The highest BCUT2D eigenvalue weighted by atomic mass is 35.5. The van der Waals surface area contributed by atoms with Gasteiger partial charge in [0, 0.05) is 10.6 Å². The van der Waals surface area contributed by atoms with Crippen LogP contribution in [-0.2, 0) is 0 Å². The van der Waals surface area contributed by atoms with E-state index >= 15 is 0 Å². The largest absolute Gasteiger partial charge is 0.469 e. The van der Waals surface area contributed by atoms with Crippen LogP contribution in [0.1, 0.15) is 22.9 Å². The van der Waals surface area contributed by atoms with Crippen LogP contribution < -0.4 is 5.73 Å². The van der Waals surface area contributed by atoms with Crippen LogP contribution in [-0.4, -0.2) is 0 Å². The quantitative estimate of drug-likeness (QED) is 0.872. The van der Waals surface area contributed by atoms with E-state index in [9.17, 15) is 4.39 Å². The first-order chi connectivity index (χ1) is 7.59. The molecule has 0 amide bonds. The highest BCUT2D eigenvalue weighted by molar-refractivity contribution is 6.31. The number of rotatable bonds is 2. The van der Waals surface area contributed by atoms with Crippen LogP contribution in [0, 0.1) is 12.7 Å². The van der Waals surface area contributed by atoms with E-state index in [2.05, 4.69) is 0 Å². The van der Waals surface area contributed by atoms with Crippen molar-refractivity contribution in [3.8, 4) is 0 Å². The molecular formula is C12H11ClFNO. The minimum Gasteiger partial charge on any atom is -0.469 e. The normalized spacial score (nSPS) is 12.8. The van der Waals surface area contributed by atoms with Crippen molar-refractivity contribution in [2.45, 2.75) is 13.0 Å². The van der Waals surface area contributed by atoms with Crippen LogP contribution in [0.15, 0.2) is 34.9 Å². The fourth-order valence-electron chi connectivity index (χ4n) is 1.64. The first-order valence-electron chi connectivity index (χ1n) is 4.84. The molecule has 0 aliphatic heterocycles. The van der Waals surface area contributed by atoms with Crippen molar-refractivity contribution in [1.82, 2.24) is 0 Å². The fraction of sp³-hybridized carbons (Fsp3) is 0.167. The summed E-state index contributed by atoms with van der Waals surface area (Å²) in [6.07, 6.45) is 1.55. The molecule has 0 bridgehead atoms. The Morgan fingerprint density at radius 1 is 1.31 bits per heavy atom. The molecule has 0 aliphatic carbocycles. The van der Waals surface area contributed by atoms with Crippen LogP contribution in [0.2, 0.25) is 5.02 Å². The van der Waals surface area contributed by atoms with Crippen molar-refractivity contribution in [3.05, 3.63) is 58.3 Å². The second kappa shape index (κ2) is 4.28. The van der Waals surface area contributed by atoms with E-state index in [1.54, 1.807) is 12.3 Å². The van der Waals surface area contributed by atoms with Crippen LogP contribution in [0.25, 0.3) is 0 Å². The summed E-state index contributed by atoms with van der Waals surface area (Å²) in [5.74, 6) is 0.365. The van der Waals surface area contributed by atoms with Gasteiger partial charge in [-0.15, -0.1) is 0 Å². The standard InChI is InChI=1S/C12H11ClFNO/c1-7-9(4-5-16-7)12(15)10-6-8(14)2-3-11(10)13/h2-6,12H,15H2,1H3. The first-order valence-corrected chi connectivity index (χ1v) is 5.22. The van der Waals surface area contributed by atoms with Gasteiger partial charge in [0.25, 0.3) is 0 Å². The Hall–Kier alpha value is -1.32. The van der Waals surface area contributed by atoms with Gasteiger partial charge in [0.1, 0.15) is 11.6 Å². The summed E-state index contributed by atoms with van der Waals surface area (Å²) < 4.78 is 18.3. The van der Waals surface area contributed by atoms with Crippen LogP contribution in [0.3, 0.4) is 0 Å². The van der Waals surface area contributed by atoms with Gasteiger partial charge < -0.3 is 10.2 Å². The third-order valence-electron chi connectivity index (χ3n) is 2.53. The summed E-state index contributed by atoms with van der Waals surface area (Å²) in [5.41, 5.74) is 7.39. The van der Waals surface area contributed by atoms with E-state index in [-0.39, 0.29) is 5.82 Å². The predicted octanol–water partition coefficient (Wildman–Crippen LogP) is 3.43. The molecule has 0 aliphatic rings. The Balaban J connectivity index is 2.45. The second-order valence-corrected chi connectivity index (χ2v) is 3.98. The average Bonchev–Trinajstić information content (AvgIpc) is 2.67. The third kappa shape index (κ3) is 1.96. The van der Waals surface area contributed by atoms with Gasteiger partial charge in [0.05, 0.1) is 12.3 Å². The lowest BCUT2D eigenvalue weighted by molar-refractivity contribution is 0.527. The highest BCUT2D eigenvalue weighted by Crippen LogP contribution is 2.29. The first kappa shape index (κ1) is 11.2. The molecular weight excluding hydrogens is 229 g/mol. The van der Waals surface area contributed by atoms with Crippen molar-refractivity contribution in [2.75, 3.05) is 0 Å². The number of furan rings is 1. The molecule has 0 saturated heterocycles. The molecule has 2 aromatic rings. The molecule has 2 nitrogen and oxygen atoms in total. The van der Waals surface area contributed by atoms with E-state index in [0.29, 0.717) is 16.3 Å². The van der Waals surface area contributed by atoms with E-state index in [1.807, 2.05) is 6.92 Å². The third-order valence-corrected chi connectivity index (χ3v) is 2.87. The average molecular weight is 240 g/mol. The smallest absolute Gasteiger partial charge is 0.123 e. The molecule has 1 aromatic heterocycles. The lowest BCUT2D eigenvalue weighted by Gasteiger charge is -2.13. The Labute approximate surface area is 97.8 Å². The number of hydrogen-bond acceptors (Lipinski definition) is 2. The van der Waals surface area contributed by atoms with Gasteiger partial charge in [-0.25, -0.2) is 4.39 Å². The maximum Gasteiger partial charge on any atom is 0.123 e. The lowest BCUT2D eigenvalue weighted by atomic mass is 10.00. The molecule has 16 heavy (non-hydrogen) atoms.